The second-order valence-corrected chi connectivity index (χ2v) is 6.66. The zero-order chi connectivity index (χ0) is 20.6. The van der Waals surface area contributed by atoms with Crippen molar-refractivity contribution in [3.05, 3.63) is 88.0 Å². The molecule has 146 valence electrons. The van der Waals surface area contributed by atoms with Crippen LogP contribution in [0.15, 0.2) is 54.6 Å². The summed E-state index contributed by atoms with van der Waals surface area (Å²) in [7, 11) is 0. The number of aryl methyl sites for hydroxylation is 6. The van der Waals surface area contributed by atoms with Crippen molar-refractivity contribution in [3.8, 4) is 17.2 Å². The Kier molecular flexibility index (Phi) is 11.4. The summed E-state index contributed by atoms with van der Waals surface area (Å²) in [6.07, 6.45) is 0. The molecule has 2 radical (unpaired) electrons. The molecule has 0 amide bonds. The van der Waals surface area contributed by atoms with E-state index in [1.54, 1.807) is 0 Å². The number of rotatable bonds is 0. The summed E-state index contributed by atoms with van der Waals surface area (Å²) in [5.74, 6) is 0.493. The van der Waals surface area contributed by atoms with E-state index >= 15 is 0 Å². The summed E-state index contributed by atoms with van der Waals surface area (Å²) in [6, 6.07) is 16.7. The number of hydrogen-bond donors (Lipinski definition) is 0. The van der Waals surface area contributed by atoms with Gasteiger partial charge in [-0.15, -0.1) is 17.2 Å². The smallest absolute Gasteiger partial charge is 0.872 e. The van der Waals surface area contributed by atoms with Crippen molar-refractivity contribution < 1.29 is 15.3 Å². The molecule has 0 unspecified atom stereocenters. The van der Waals surface area contributed by atoms with E-state index in [2.05, 4.69) is 0 Å². The fraction of sp³-hybridized carbons (Fsp3) is 0.250. The average molecular weight is 485 g/mol. The zero-order valence-corrected chi connectivity index (χ0v) is 19.9. The predicted octanol–water partition coefficient (Wildman–Crippen LogP) is 3.75. The molecule has 0 atom stereocenters. The zero-order valence-electron chi connectivity index (χ0n) is 17.4. The molecule has 0 aliphatic heterocycles. The van der Waals surface area contributed by atoms with Crippen LogP contribution in [0.3, 0.4) is 0 Å². The van der Waals surface area contributed by atoms with Crippen LogP contribution in [0.25, 0.3) is 0 Å². The summed E-state index contributed by atoms with van der Waals surface area (Å²) in [5.41, 5.74) is 4.97. The first-order valence-corrected chi connectivity index (χ1v) is 8.84. The monoisotopic (exact) mass is 484 g/mol. The quantitative estimate of drug-likeness (QED) is 0.456. The molecule has 0 N–H and O–H groups in total. The standard InChI is InChI=1S/3C8H10O.Sb/c3*1-6-4-3-5-7(2)8(6)9;/h3*3-5,9H,1-2H3;/q;;;+3/p-3. The van der Waals surface area contributed by atoms with Crippen molar-refractivity contribution >= 4 is 24.4 Å². The minimum atomic E-state index is 0. The van der Waals surface area contributed by atoms with Crippen LogP contribution >= 0.6 is 0 Å². The molecule has 3 rings (SSSR count). The van der Waals surface area contributed by atoms with E-state index in [4.69, 9.17) is 0 Å². The maximum atomic E-state index is 11.0. The molecule has 0 saturated carbocycles. The van der Waals surface area contributed by atoms with Crippen molar-refractivity contribution in [2.45, 2.75) is 41.5 Å². The van der Waals surface area contributed by atoms with Gasteiger partial charge in [0.2, 0.25) is 0 Å². The van der Waals surface area contributed by atoms with Crippen LogP contribution in [0.1, 0.15) is 33.4 Å². The third kappa shape index (κ3) is 7.86. The van der Waals surface area contributed by atoms with Gasteiger partial charge in [-0.05, 0) is 41.5 Å². The second kappa shape index (κ2) is 12.4. The molecular formula is C24H27O3Sb. The van der Waals surface area contributed by atoms with Crippen LogP contribution < -0.4 is 15.3 Å². The van der Waals surface area contributed by atoms with Crippen LogP contribution in [0.5, 0.6) is 17.2 Å². The molecule has 3 nitrogen and oxygen atoms in total. The van der Waals surface area contributed by atoms with E-state index in [1.807, 2.05) is 96.1 Å². The SMILES string of the molecule is Cc1cccc(C)c1[O-].Cc1cccc(C)c1[O-].Cc1cccc(C)c1[O-].[Sb+3]. The minimum absolute atomic E-state index is 0. The molecule has 0 fully saturated rings. The molecule has 28 heavy (non-hydrogen) atoms. The molecule has 0 aromatic heterocycles. The first-order chi connectivity index (χ1) is 12.6. The Morgan fingerprint density at radius 1 is 0.393 bits per heavy atom. The largest absolute Gasteiger partial charge is 3.00 e. The van der Waals surface area contributed by atoms with E-state index in [1.165, 1.54) is 0 Å². The molecule has 0 heterocycles. The van der Waals surface area contributed by atoms with Gasteiger partial charge in [0.25, 0.3) is 0 Å². The van der Waals surface area contributed by atoms with Crippen LogP contribution in [-0.2, 0) is 0 Å². The second-order valence-electron chi connectivity index (χ2n) is 6.66. The molecule has 0 spiro atoms. The molecule has 0 aliphatic carbocycles. The van der Waals surface area contributed by atoms with Gasteiger partial charge in [-0.25, -0.2) is 0 Å². The van der Waals surface area contributed by atoms with Gasteiger partial charge in [0, 0.05) is 0 Å². The van der Waals surface area contributed by atoms with E-state index in [9.17, 15) is 15.3 Å². The Hall–Kier alpha value is -2.12. The van der Waals surface area contributed by atoms with Crippen molar-refractivity contribution in [2.24, 2.45) is 0 Å². The minimum Gasteiger partial charge on any atom is -0.872 e. The molecule has 3 aromatic rings. The molecule has 3 aromatic carbocycles. The van der Waals surface area contributed by atoms with Crippen molar-refractivity contribution in [3.63, 3.8) is 0 Å². The predicted molar refractivity (Wildman–Crippen MR) is 112 cm³/mol. The maximum absolute atomic E-state index is 11.0. The normalized spacial score (nSPS) is 9.21. The van der Waals surface area contributed by atoms with Gasteiger partial charge in [-0.2, -0.15) is 0 Å². The number of para-hydroxylation sites is 3. The van der Waals surface area contributed by atoms with Crippen molar-refractivity contribution in [2.75, 3.05) is 0 Å². The Bertz CT molecular complexity index is 711. The van der Waals surface area contributed by atoms with Crippen LogP contribution in [-0.4, -0.2) is 24.4 Å². The fourth-order valence-electron chi connectivity index (χ4n) is 2.40. The summed E-state index contributed by atoms with van der Waals surface area (Å²) in [4.78, 5) is 0. The molecule has 0 aliphatic rings. The van der Waals surface area contributed by atoms with Crippen molar-refractivity contribution in [1.29, 1.82) is 0 Å². The Balaban J connectivity index is 0.000000384. The Morgan fingerprint density at radius 3 is 0.643 bits per heavy atom. The maximum Gasteiger partial charge on any atom is 3.00 e. The molecular weight excluding hydrogens is 458 g/mol. The van der Waals surface area contributed by atoms with E-state index in [-0.39, 0.29) is 41.7 Å². The van der Waals surface area contributed by atoms with Gasteiger partial charge >= 0.3 is 24.4 Å². The van der Waals surface area contributed by atoms with Crippen molar-refractivity contribution in [1.82, 2.24) is 0 Å². The van der Waals surface area contributed by atoms with E-state index < -0.39 is 0 Å². The molecule has 0 saturated heterocycles. The summed E-state index contributed by atoms with van der Waals surface area (Å²) >= 11 is 0. The fourth-order valence-corrected chi connectivity index (χ4v) is 2.40. The Labute approximate surface area is 186 Å². The average Bonchev–Trinajstić information content (AvgIpc) is 2.63. The van der Waals surface area contributed by atoms with Gasteiger partial charge in [0.05, 0.1) is 0 Å². The molecule has 4 heteroatoms. The summed E-state index contributed by atoms with van der Waals surface area (Å²) in [5, 5.41) is 32.9. The summed E-state index contributed by atoms with van der Waals surface area (Å²) < 4.78 is 0. The molecule has 0 bridgehead atoms. The van der Waals surface area contributed by atoms with Gasteiger partial charge in [-0.1, -0.05) is 88.0 Å². The van der Waals surface area contributed by atoms with Gasteiger partial charge in [-0.3, -0.25) is 0 Å². The first kappa shape index (κ1) is 25.9. The third-order valence-electron chi connectivity index (χ3n) is 4.23. The van der Waals surface area contributed by atoms with Gasteiger partial charge in [0.15, 0.2) is 0 Å². The third-order valence-corrected chi connectivity index (χ3v) is 4.23. The van der Waals surface area contributed by atoms with Gasteiger partial charge < -0.3 is 15.3 Å². The van der Waals surface area contributed by atoms with Crippen LogP contribution in [0, 0.1) is 41.5 Å². The first-order valence-electron chi connectivity index (χ1n) is 8.84. The summed E-state index contributed by atoms with van der Waals surface area (Å²) in [6.45, 7) is 11.0. The van der Waals surface area contributed by atoms with E-state index in [0.29, 0.717) is 0 Å². The Morgan fingerprint density at radius 2 is 0.536 bits per heavy atom. The van der Waals surface area contributed by atoms with E-state index in [0.717, 1.165) is 33.4 Å². The number of hydrogen-bond acceptors (Lipinski definition) is 3. The topological polar surface area (TPSA) is 69.2 Å². The van der Waals surface area contributed by atoms with Gasteiger partial charge in [0.1, 0.15) is 0 Å². The van der Waals surface area contributed by atoms with Crippen LogP contribution in [0.2, 0.25) is 0 Å². The van der Waals surface area contributed by atoms with Crippen LogP contribution in [0.4, 0.5) is 0 Å². The number of benzene rings is 3.